The Morgan fingerprint density at radius 3 is 1.52 bits per heavy atom. The first kappa shape index (κ1) is 25.3. The molecular formula is C17H31NO7. The highest BCUT2D eigenvalue weighted by Crippen LogP contribution is 2.16. The van der Waals surface area contributed by atoms with E-state index in [1.807, 2.05) is 13.8 Å². The molecule has 146 valence electrons. The third-order valence-corrected chi connectivity index (χ3v) is 3.36. The minimum atomic E-state index is -1.56. The van der Waals surface area contributed by atoms with Crippen molar-refractivity contribution in [3.8, 4) is 0 Å². The van der Waals surface area contributed by atoms with E-state index in [9.17, 15) is 19.2 Å². The highest BCUT2D eigenvalue weighted by molar-refractivity contribution is 6.33. The number of nitrogens with two attached hydrogens (primary N) is 1. The predicted molar refractivity (Wildman–Crippen MR) is 92.1 cm³/mol. The molecule has 0 rings (SSSR count). The fourth-order valence-corrected chi connectivity index (χ4v) is 2.41. The Balaban J connectivity index is 0. The van der Waals surface area contributed by atoms with E-state index in [0.717, 1.165) is 6.42 Å². The van der Waals surface area contributed by atoms with Gasteiger partial charge in [0.05, 0.1) is 6.42 Å². The molecule has 0 bridgehead atoms. The van der Waals surface area contributed by atoms with E-state index in [1.165, 1.54) is 0 Å². The predicted octanol–water partition coefficient (Wildman–Crippen LogP) is 1.86. The van der Waals surface area contributed by atoms with Gasteiger partial charge in [0, 0.05) is 12.3 Å². The highest BCUT2D eigenvalue weighted by atomic mass is 16.4. The minimum absolute atomic E-state index is 0.0997. The molecule has 0 saturated heterocycles. The van der Waals surface area contributed by atoms with Gasteiger partial charge in [-0.3, -0.25) is 14.4 Å². The molecular weight excluding hydrogens is 330 g/mol. The van der Waals surface area contributed by atoms with Gasteiger partial charge in [0.2, 0.25) is 5.78 Å². The summed E-state index contributed by atoms with van der Waals surface area (Å²) >= 11 is 0. The van der Waals surface area contributed by atoms with Crippen LogP contribution in [0.1, 0.15) is 53.4 Å². The van der Waals surface area contributed by atoms with Gasteiger partial charge in [-0.2, -0.15) is 0 Å². The standard InChI is InChI=1S/C9H14O5.C8H17NO2/c1-5(2)3-6(4-7(10)11)8(12)9(13)14;1-6(2)3-7(5-9)4-8(10)11/h5-6H,3-4H2,1-2H3,(H,10,11)(H,13,14);6-7H,3-5,9H2,1-2H3,(H,10,11). The number of Topliss-reactive ketones (excluding diaryl/α,β-unsaturated/α-hetero) is 1. The molecule has 0 aromatic carbocycles. The van der Waals surface area contributed by atoms with Crippen LogP contribution in [0.2, 0.25) is 0 Å². The lowest BCUT2D eigenvalue weighted by molar-refractivity contribution is -0.152. The Kier molecular flexibility index (Phi) is 13.5. The number of carbonyl (C=O) groups excluding carboxylic acids is 1. The van der Waals surface area contributed by atoms with Crippen molar-refractivity contribution in [1.29, 1.82) is 0 Å². The normalized spacial score (nSPS) is 12.9. The topological polar surface area (TPSA) is 155 Å². The molecule has 0 fully saturated rings. The monoisotopic (exact) mass is 361 g/mol. The Morgan fingerprint density at radius 2 is 1.24 bits per heavy atom. The first-order chi connectivity index (χ1) is 11.4. The number of rotatable bonds is 11. The maximum absolute atomic E-state index is 11.1. The lowest BCUT2D eigenvalue weighted by Gasteiger charge is -2.13. The summed E-state index contributed by atoms with van der Waals surface area (Å²) in [6.45, 7) is 8.24. The summed E-state index contributed by atoms with van der Waals surface area (Å²) in [6.07, 6.45) is 0.984. The highest BCUT2D eigenvalue weighted by Gasteiger charge is 2.27. The summed E-state index contributed by atoms with van der Waals surface area (Å²) in [5.41, 5.74) is 5.41. The van der Waals surface area contributed by atoms with Crippen LogP contribution in [-0.2, 0) is 19.2 Å². The van der Waals surface area contributed by atoms with Crippen molar-refractivity contribution in [2.75, 3.05) is 6.54 Å². The number of hydrogen-bond donors (Lipinski definition) is 4. The molecule has 5 N–H and O–H groups in total. The average molecular weight is 361 g/mol. The molecule has 0 saturated carbocycles. The molecule has 0 aromatic rings. The summed E-state index contributed by atoms with van der Waals surface area (Å²) < 4.78 is 0. The Hall–Kier alpha value is -1.96. The van der Waals surface area contributed by atoms with Crippen molar-refractivity contribution >= 4 is 23.7 Å². The number of hydrogen-bond acceptors (Lipinski definition) is 5. The van der Waals surface area contributed by atoms with Gasteiger partial charge >= 0.3 is 17.9 Å². The van der Waals surface area contributed by atoms with Crippen molar-refractivity contribution < 1.29 is 34.5 Å². The van der Waals surface area contributed by atoms with Gasteiger partial charge in [-0.05, 0) is 37.1 Å². The average Bonchev–Trinajstić information content (AvgIpc) is 2.43. The molecule has 0 heterocycles. The van der Waals surface area contributed by atoms with Crippen molar-refractivity contribution in [2.45, 2.75) is 53.4 Å². The van der Waals surface area contributed by atoms with Crippen molar-refractivity contribution in [3.63, 3.8) is 0 Å². The molecule has 2 unspecified atom stereocenters. The van der Waals surface area contributed by atoms with Gasteiger partial charge in [-0.15, -0.1) is 0 Å². The Morgan fingerprint density at radius 1 is 0.800 bits per heavy atom. The molecule has 0 aliphatic carbocycles. The summed E-state index contributed by atoms with van der Waals surface area (Å²) in [6, 6.07) is 0. The van der Waals surface area contributed by atoms with E-state index in [-0.39, 0.29) is 24.7 Å². The number of carboxylic acids is 3. The van der Waals surface area contributed by atoms with E-state index in [4.69, 9.17) is 21.1 Å². The third-order valence-electron chi connectivity index (χ3n) is 3.36. The van der Waals surface area contributed by atoms with Crippen LogP contribution in [0.25, 0.3) is 0 Å². The minimum Gasteiger partial charge on any atom is -0.481 e. The van der Waals surface area contributed by atoms with Crippen LogP contribution in [0.4, 0.5) is 0 Å². The van der Waals surface area contributed by atoms with Gasteiger partial charge in [0.1, 0.15) is 0 Å². The van der Waals surface area contributed by atoms with Gasteiger partial charge < -0.3 is 21.1 Å². The number of carboxylic acid groups (broad SMARTS) is 3. The van der Waals surface area contributed by atoms with Crippen molar-refractivity contribution in [3.05, 3.63) is 0 Å². The fourth-order valence-electron chi connectivity index (χ4n) is 2.41. The van der Waals surface area contributed by atoms with E-state index in [1.54, 1.807) is 0 Å². The molecule has 0 spiro atoms. The Labute approximate surface area is 148 Å². The second-order valence-corrected chi connectivity index (χ2v) is 6.92. The lowest BCUT2D eigenvalue weighted by atomic mass is 9.90. The summed E-state index contributed by atoms with van der Waals surface area (Å²) in [4.78, 5) is 42.1. The lowest BCUT2D eigenvalue weighted by Crippen LogP contribution is -2.26. The first-order valence-electron chi connectivity index (χ1n) is 8.31. The van der Waals surface area contributed by atoms with Crippen LogP contribution in [0.15, 0.2) is 0 Å². The zero-order chi connectivity index (χ0) is 20.2. The van der Waals surface area contributed by atoms with E-state index >= 15 is 0 Å². The number of aliphatic carboxylic acids is 3. The molecule has 0 aliphatic heterocycles. The number of ketones is 1. The van der Waals surface area contributed by atoms with Gasteiger partial charge in [-0.25, -0.2) is 4.79 Å². The molecule has 8 heteroatoms. The van der Waals surface area contributed by atoms with E-state index in [0.29, 0.717) is 12.5 Å². The smallest absolute Gasteiger partial charge is 0.372 e. The van der Waals surface area contributed by atoms with Gasteiger partial charge in [0.25, 0.3) is 0 Å². The third kappa shape index (κ3) is 15.3. The zero-order valence-electron chi connectivity index (χ0n) is 15.4. The van der Waals surface area contributed by atoms with Crippen molar-refractivity contribution in [2.24, 2.45) is 29.4 Å². The molecule has 0 aromatic heterocycles. The van der Waals surface area contributed by atoms with E-state index < -0.39 is 36.0 Å². The number of carbonyl (C=O) groups is 4. The summed E-state index contributed by atoms with van der Waals surface area (Å²) in [5.74, 6) is -4.60. The fraction of sp³-hybridized carbons (Fsp3) is 0.765. The van der Waals surface area contributed by atoms with Gasteiger partial charge in [-0.1, -0.05) is 27.7 Å². The second-order valence-electron chi connectivity index (χ2n) is 6.92. The van der Waals surface area contributed by atoms with E-state index in [2.05, 4.69) is 13.8 Å². The maximum Gasteiger partial charge on any atom is 0.372 e. The van der Waals surface area contributed by atoms with Crippen LogP contribution < -0.4 is 5.73 Å². The van der Waals surface area contributed by atoms with Crippen LogP contribution >= 0.6 is 0 Å². The van der Waals surface area contributed by atoms with Crippen LogP contribution in [-0.4, -0.2) is 45.6 Å². The molecule has 0 radical (unpaired) electrons. The zero-order valence-corrected chi connectivity index (χ0v) is 15.4. The molecule has 0 amide bonds. The van der Waals surface area contributed by atoms with Crippen molar-refractivity contribution in [1.82, 2.24) is 0 Å². The Bertz CT molecular complexity index is 446. The second kappa shape index (κ2) is 13.3. The molecule has 8 nitrogen and oxygen atoms in total. The first-order valence-corrected chi connectivity index (χ1v) is 8.31. The van der Waals surface area contributed by atoms with Crippen LogP contribution in [0.3, 0.4) is 0 Å². The quantitative estimate of drug-likeness (QED) is 0.406. The summed E-state index contributed by atoms with van der Waals surface area (Å²) in [5, 5.41) is 25.4. The maximum atomic E-state index is 11.1. The molecule has 0 aliphatic rings. The molecule has 2 atom stereocenters. The SMILES string of the molecule is CC(C)CC(CC(=O)O)C(=O)C(=O)O.CC(C)CC(CN)CC(=O)O. The van der Waals surface area contributed by atoms with Crippen LogP contribution in [0, 0.1) is 23.7 Å². The van der Waals surface area contributed by atoms with Gasteiger partial charge in [0.15, 0.2) is 0 Å². The summed E-state index contributed by atoms with van der Waals surface area (Å²) in [7, 11) is 0. The largest absolute Gasteiger partial charge is 0.481 e. The van der Waals surface area contributed by atoms with Crippen LogP contribution in [0.5, 0.6) is 0 Å². The molecule has 25 heavy (non-hydrogen) atoms.